The molecule has 0 fully saturated rings. The van der Waals surface area contributed by atoms with Crippen LogP contribution in [0.2, 0.25) is 0 Å². The second-order valence-electron chi connectivity index (χ2n) is 3.80. The lowest BCUT2D eigenvalue weighted by Gasteiger charge is -1.96. The molecule has 0 aromatic carbocycles. The third-order valence-corrected chi connectivity index (χ3v) is 3.17. The summed E-state index contributed by atoms with van der Waals surface area (Å²) < 4.78 is 0. The Morgan fingerprint density at radius 1 is 1.13 bits per heavy atom. The number of hydrogen-bond donors (Lipinski definition) is 0. The lowest BCUT2D eigenvalue weighted by Crippen LogP contribution is -1.77. The minimum absolute atomic E-state index is 1.06. The molecule has 1 aromatic rings. The summed E-state index contributed by atoms with van der Waals surface area (Å²) in [5.74, 6) is 6.43. The highest BCUT2D eigenvalue weighted by Gasteiger charge is 1.88. The first-order valence-electron chi connectivity index (χ1n) is 5.96. The van der Waals surface area contributed by atoms with Crippen LogP contribution in [0.25, 0.3) is 0 Å². The topological polar surface area (TPSA) is 0 Å². The highest BCUT2D eigenvalue weighted by atomic mass is 32.1. The van der Waals surface area contributed by atoms with Gasteiger partial charge < -0.3 is 0 Å². The van der Waals surface area contributed by atoms with Gasteiger partial charge in [-0.05, 0) is 17.9 Å². The minimum Gasteiger partial charge on any atom is -0.135 e. The number of hydrogen-bond acceptors (Lipinski definition) is 1. The molecule has 0 aliphatic heterocycles. The van der Waals surface area contributed by atoms with Gasteiger partial charge in [0.05, 0.1) is 4.88 Å². The van der Waals surface area contributed by atoms with Gasteiger partial charge in [-0.3, -0.25) is 0 Å². The van der Waals surface area contributed by atoms with Gasteiger partial charge in [-0.2, -0.15) is 0 Å². The summed E-state index contributed by atoms with van der Waals surface area (Å²) in [7, 11) is 0. The second-order valence-corrected chi connectivity index (χ2v) is 4.74. The zero-order chi connectivity index (χ0) is 10.8. The van der Waals surface area contributed by atoms with E-state index in [4.69, 9.17) is 0 Å². The molecule has 0 saturated carbocycles. The second kappa shape index (κ2) is 8.56. The van der Waals surface area contributed by atoms with Crippen molar-refractivity contribution in [3.8, 4) is 11.8 Å². The average molecular weight is 220 g/mol. The van der Waals surface area contributed by atoms with Crippen molar-refractivity contribution in [3.63, 3.8) is 0 Å². The molecular formula is C14H20S. The fourth-order valence-corrected chi connectivity index (χ4v) is 2.08. The molecule has 0 aliphatic carbocycles. The summed E-state index contributed by atoms with van der Waals surface area (Å²) in [4.78, 5) is 1.20. The molecular weight excluding hydrogens is 200 g/mol. The summed E-state index contributed by atoms with van der Waals surface area (Å²) in [6.45, 7) is 2.26. The summed E-state index contributed by atoms with van der Waals surface area (Å²) in [6, 6.07) is 4.14. The molecule has 0 amide bonds. The van der Waals surface area contributed by atoms with Gasteiger partial charge >= 0.3 is 0 Å². The summed E-state index contributed by atoms with van der Waals surface area (Å²) in [5.41, 5.74) is 0. The first kappa shape index (κ1) is 12.3. The number of rotatable bonds is 6. The predicted molar refractivity (Wildman–Crippen MR) is 69.2 cm³/mol. The maximum absolute atomic E-state index is 3.24. The SMILES string of the molecule is CCCCCCCCC#Cc1cccs1. The van der Waals surface area contributed by atoms with Crippen LogP contribution in [-0.2, 0) is 0 Å². The van der Waals surface area contributed by atoms with E-state index >= 15 is 0 Å². The lowest BCUT2D eigenvalue weighted by atomic mass is 10.1. The fraction of sp³-hybridized carbons (Fsp3) is 0.571. The van der Waals surface area contributed by atoms with Gasteiger partial charge in [-0.25, -0.2) is 0 Å². The monoisotopic (exact) mass is 220 g/mol. The molecule has 1 aromatic heterocycles. The van der Waals surface area contributed by atoms with Crippen LogP contribution < -0.4 is 0 Å². The molecule has 0 N–H and O–H groups in total. The van der Waals surface area contributed by atoms with E-state index in [9.17, 15) is 0 Å². The summed E-state index contributed by atoms with van der Waals surface area (Å²) >= 11 is 1.72. The van der Waals surface area contributed by atoms with Crippen molar-refractivity contribution in [3.05, 3.63) is 22.4 Å². The van der Waals surface area contributed by atoms with Crippen LogP contribution in [0.1, 0.15) is 56.7 Å². The zero-order valence-corrected chi connectivity index (χ0v) is 10.4. The molecule has 0 aliphatic rings. The van der Waals surface area contributed by atoms with Crippen molar-refractivity contribution in [2.24, 2.45) is 0 Å². The fourth-order valence-electron chi connectivity index (χ4n) is 1.49. The van der Waals surface area contributed by atoms with Crippen LogP contribution in [0.5, 0.6) is 0 Å². The highest BCUT2D eigenvalue weighted by molar-refractivity contribution is 7.10. The summed E-state index contributed by atoms with van der Waals surface area (Å²) in [5, 5.41) is 2.08. The maximum Gasteiger partial charge on any atom is 0.0768 e. The molecule has 1 rings (SSSR count). The van der Waals surface area contributed by atoms with Crippen LogP contribution in [0.4, 0.5) is 0 Å². The molecule has 0 atom stereocenters. The van der Waals surface area contributed by atoms with Crippen LogP contribution in [0, 0.1) is 11.8 Å². The minimum atomic E-state index is 1.06. The zero-order valence-electron chi connectivity index (χ0n) is 9.59. The third kappa shape index (κ3) is 6.36. The normalized spacial score (nSPS) is 9.67. The molecule has 1 heterocycles. The Bertz CT molecular complexity index is 287. The number of thiophene rings is 1. The quantitative estimate of drug-likeness (QED) is 0.475. The van der Waals surface area contributed by atoms with Crippen LogP contribution in [0.15, 0.2) is 17.5 Å². The largest absolute Gasteiger partial charge is 0.135 e. The Kier molecular flexibility index (Phi) is 7.04. The first-order valence-corrected chi connectivity index (χ1v) is 6.84. The Labute approximate surface area is 97.7 Å². The van der Waals surface area contributed by atoms with Crippen molar-refractivity contribution in [1.82, 2.24) is 0 Å². The summed E-state index contributed by atoms with van der Waals surface area (Å²) in [6.07, 6.45) is 9.17. The highest BCUT2D eigenvalue weighted by Crippen LogP contribution is 2.08. The van der Waals surface area contributed by atoms with E-state index in [1.807, 2.05) is 0 Å². The molecule has 15 heavy (non-hydrogen) atoms. The average Bonchev–Trinajstić information content (AvgIpc) is 2.75. The Balaban J connectivity index is 1.97. The van der Waals surface area contributed by atoms with Crippen LogP contribution >= 0.6 is 11.3 Å². The molecule has 82 valence electrons. The van der Waals surface area contributed by atoms with Crippen molar-refractivity contribution in [2.75, 3.05) is 0 Å². The van der Waals surface area contributed by atoms with Crippen LogP contribution in [0.3, 0.4) is 0 Å². The van der Waals surface area contributed by atoms with Gasteiger partial charge in [0.25, 0.3) is 0 Å². The van der Waals surface area contributed by atoms with E-state index in [0.29, 0.717) is 0 Å². The Morgan fingerprint density at radius 3 is 2.67 bits per heavy atom. The standard InChI is InChI=1S/C14H20S/c1-2-3-4-5-6-7-8-9-11-14-12-10-13-15-14/h10,12-13H,2-8H2,1H3. The van der Waals surface area contributed by atoms with E-state index in [2.05, 4.69) is 36.3 Å². The van der Waals surface area contributed by atoms with Crippen molar-refractivity contribution >= 4 is 11.3 Å². The van der Waals surface area contributed by atoms with Gasteiger partial charge in [0.2, 0.25) is 0 Å². The number of unbranched alkanes of at least 4 members (excludes halogenated alkanes) is 6. The van der Waals surface area contributed by atoms with Gasteiger partial charge in [-0.1, -0.05) is 56.9 Å². The van der Waals surface area contributed by atoms with E-state index in [1.54, 1.807) is 11.3 Å². The first-order chi connectivity index (χ1) is 7.43. The van der Waals surface area contributed by atoms with Gasteiger partial charge in [-0.15, -0.1) is 11.3 Å². The van der Waals surface area contributed by atoms with Gasteiger partial charge in [0, 0.05) is 6.42 Å². The van der Waals surface area contributed by atoms with E-state index in [0.717, 1.165) is 6.42 Å². The Morgan fingerprint density at radius 2 is 1.93 bits per heavy atom. The van der Waals surface area contributed by atoms with E-state index < -0.39 is 0 Å². The predicted octanol–water partition coefficient (Wildman–Crippen LogP) is 4.85. The smallest absolute Gasteiger partial charge is 0.0768 e. The molecule has 0 spiro atoms. The van der Waals surface area contributed by atoms with Crippen LogP contribution in [-0.4, -0.2) is 0 Å². The Hall–Kier alpha value is -0.740. The molecule has 1 heteroatoms. The third-order valence-electron chi connectivity index (χ3n) is 2.39. The molecule has 0 saturated heterocycles. The van der Waals surface area contributed by atoms with Crippen molar-refractivity contribution < 1.29 is 0 Å². The molecule has 0 bridgehead atoms. The maximum atomic E-state index is 3.24. The van der Waals surface area contributed by atoms with Gasteiger partial charge in [0.1, 0.15) is 0 Å². The van der Waals surface area contributed by atoms with E-state index in [-0.39, 0.29) is 0 Å². The van der Waals surface area contributed by atoms with Crippen molar-refractivity contribution in [1.29, 1.82) is 0 Å². The van der Waals surface area contributed by atoms with Gasteiger partial charge in [0.15, 0.2) is 0 Å². The molecule has 0 radical (unpaired) electrons. The van der Waals surface area contributed by atoms with E-state index in [1.165, 1.54) is 43.4 Å². The lowest BCUT2D eigenvalue weighted by molar-refractivity contribution is 0.614. The molecule has 0 nitrogen and oxygen atoms in total. The molecule has 0 unspecified atom stereocenters. The van der Waals surface area contributed by atoms with Crippen molar-refractivity contribution in [2.45, 2.75) is 51.9 Å².